The van der Waals surface area contributed by atoms with Gasteiger partial charge in [0.1, 0.15) is 0 Å². The highest BCUT2D eigenvalue weighted by Gasteiger charge is 2.14. The standard InChI is InChI=1S/C20H16Cl2N2O4/c1-27-18-15(21)9-13(10-16(18)22)19(25)23-11-12-4-2-5-14(8-12)24-20(26)17-6-3-7-28-17/h2-10H,11H2,1H3,(H,23,25)(H,24,26). The van der Waals surface area contributed by atoms with Gasteiger partial charge in [0, 0.05) is 17.8 Å². The van der Waals surface area contributed by atoms with E-state index >= 15 is 0 Å². The summed E-state index contributed by atoms with van der Waals surface area (Å²) in [6, 6.07) is 13.3. The SMILES string of the molecule is COc1c(Cl)cc(C(=O)NCc2cccc(NC(=O)c3ccco3)c2)cc1Cl. The molecule has 1 heterocycles. The summed E-state index contributed by atoms with van der Waals surface area (Å²) >= 11 is 12.1. The van der Waals surface area contributed by atoms with Crippen molar-refractivity contribution >= 4 is 40.7 Å². The van der Waals surface area contributed by atoms with Crippen LogP contribution in [0.25, 0.3) is 0 Å². The van der Waals surface area contributed by atoms with Gasteiger partial charge in [-0.25, -0.2) is 0 Å². The first-order chi connectivity index (χ1) is 13.5. The van der Waals surface area contributed by atoms with Crippen molar-refractivity contribution in [3.63, 3.8) is 0 Å². The van der Waals surface area contributed by atoms with E-state index in [0.717, 1.165) is 5.56 Å². The maximum atomic E-state index is 12.4. The second kappa shape index (κ2) is 8.82. The third-order valence-electron chi connectivity index (χ3n) is 3.85. The van der Waals surface area contributed by atoms with Gasteiger partial charge in [0.25, 0.3) is 11.8 Å². The minimum Gasteiger partial charge on any atom is -0.494 e. The van der Waals surface area contributed by atoms with Gasteiger partial charge < -0.3 is 19.8 Å². The van der Waals surface area contributed by atoms with Crippen LogP contribution in [0.3, 0.4) is 0 Å². The van der Waals surface area contributed by atoms with Gasteiger partial charge in [-0.15, -0.1) is 0 Å². The van der Waals surface area contributed by atoms with Crippen molar-refractivity contribution in [3.8, 4) is 5.75 Å². The van der Waals surface area contributed by atoms with Crippen molar-refractivity contribution in [1.29, 1.82) is 0 Å². The van der Waals surface area contributed by atoms with E-state index in [1.807, 2.05) is 6.07 Å². The van der Waals surface area contributed by atoms with Gasteiger partial charge in [0.2, 0.25) is 0 Å². The molecule has 0 unspecified atom stereocenters. The maximum absolute atomic E-state index is 12.4. The van der Waals surface area contributed by atoms with E-state index in [2.05, 4.69) is 10.6 Å². The molecule has 0 atom stereocenters. The van der Waals surface area contributed by atoms with Crippen molar-refractivity contribution in [2.45, 2.75) is 6.54 Å². The molecule has 0 aliphatic carbocycles. The Hall–Kier alpha value is -2.96. The number of hydrogen-bond donors (Lipinski definition) is 2. The summed E-state index contributed by atoms with van der Waals surface area (Å²) < 4.78 is 10.1. The molecule has 0 aliphatic heterocycles. The fourth-order valence-electron chi connectivity index (χ4n) is 2.53. The lowest BCUT2D eigenvalue weighted by Crippen LogP contribution is -2.23. The van der Waals surface area contributed by atoms with Crippen LogP contribution in [-0.4, -0.2) is 18.9 Å². The molecule has 0 fully saturated rings. The second-order valence-corrected chi connectivity index (χ2v) is 6.60. The Labute approximate surface area is 171 Å². The average Bonchev–Trinajstić information content (AvgIpc) is 3.21. The first-order valence-corrected chi connectivity index (χ1v) is 8.98. The molecule has 0 spiro atoms. The van der Waals surface area contributed by atoms with Crippen LogP contribution in [0.15, 0.2) is 59.2 Å². The van der Waals surface area contributed by atoms with E-state index in [-0.39, 0.29) is 34.2 Å². The van der Waals surface area contributed by atoms with E-state index in [1.54, 1.807) is 30.3 Å². The third-order valence-corrected chi connectivity index (χ3v) is 4.41. The van der Waals surface area contributed by atoms with Gasteiger partial charge in [-0.05, 0) is 42.0 Å². The van der Waals surface area contributed by atoms with Crippen molar-refractivity contribution in [2.75, 3.05) is 12.4 Å². The molecule has 28 heavy (non-hydrogen) atoms. The van der Waals surface area contributed by atoms with Crippen LogP contribution in [0.4, 0.5) is 5.69 Å². The van der Waals surface area contributed by atoms with Gasteiger partial charge in [-0.3, -0.25) is 9.59 Å². The summed E-state index contributed by atoms with van der Waals surface area (Å²) in [5, 5.41) is 6.03. The molecule has 8 heteroatoms. The van der Waals surface area contributed by atoms with Crippen LogP contribution in [0.1, 0.15) is 26.5 Å². The predicted molar refractivity (Wildman–Crippen MR) is 107 cm³/mol. The molecule has 0 bridgehead atoms. The molecule has 6 nitrogen and oxygen atoms in total. The Balaban J connectivity index is 1.65. The number of methoxy groups -OCH3 is 1. The summed E-state index contributed by atoms with van der Waals surface area (Å²) in [5.41, 5.74) is 1.71. The van der Waals surface area contributed by atoms with E-state index in [9.17, 15) is 9.59 Å². The maximum Gasteiger partial charge on any atom is 0.291 e. The van der Waals surface area contributed by atoms with Gasteiger partial charge >= 0.3 is 0 Å². The lowest BCUT2D eigenvalue weighted by molar-refractivity contribution is 0.0949. The van der Waals surface area contributed by atoms with E-state index < -0.39 is 0 Å². The Morgan fingerprint density at radius 1 is 1.04 bits per heavy atom. The smallest absolute Gasteiger partial charge is 0.291 e. The summed E-state index contributed by atoms with van der Waals surface area (Å²) in [6.07, 6.45) is 1.43. The number of amides is 2. The first kappa shape index (κ1) is 19.8. The minimum absolute atomic E-state index is 0.215. The molecule has 3 rings (SSSR count). The zero-order valence-corrected chi connectivity index (χ0v) is 16.3. The lowest BCUT2D eigenvalue weighted by atomic mass is 10.1. The first-order valence-electron chi connectivity index (χ1n) is 8.23. The molecule has 1 aromatic heterocycles. The summed E-state index contributed by atoms with van der Waals surface area (Å²) in [4.78, 5) is 24.4. The fourth-order valence-corrected chi connectivity index (χ4v) is 3.17. The van der Waals surface area contributed by atoms with Gasteiger partial charge in [0.15, 0.2) is 11.5 Å². The third kappa shape index (κ3) is 4.65. The summed E-state index contributed by atoms with van der Waals surface area (Å²) in [6.45, 7) is 0.255. The molecular formula is C20H16Cl2N2O4. The van der Waals surface area contributed by atoms with E-state index in [1.165, 1.54) is 25.5 Å². The fraction of sp³-hybridized carbons (Fsp3) is 0.100. The highest BCUT2D eigenvalue weighted by atomic mass is 35.5. The van der Waals surface area contributed by atoms with Gasteiger partial charge in [-0.1, -0.05) is 35.3 Å². The van der Waals surface area contributed by atoms with Crippen molar-refractivity contribution in [1.82, 2.24) is 5.32 Å². The van der Waals surface area contributed by atoms with Gasteiger partial charge in [-0.2, -0.15) is 0 Å². The summed E-state index contributed by atoms with van der Waals surface area (Å²) in [7, 11) is 1.45. The van der Waals surface area contributed by atoms with Crippen LogP contribution in [0.2, 0.25) is 10.0 Å². The molecule has 0 aliphatic rings. The van der Waals surface area contributed by atoms with Crippen LogP contribution in [0, 0.1) is 0 Å². The molecule has 2 amide bonds. The Bertz CT molecular complexity index is 980. The number of nitrogens with one attached hydrogen (secondary N) is 2. The average molecular weight is 419 g/mol. The molecule has 2 aromatic carbocycles. The van der Waals surface area contributed by atoms with E-state index in [0.29, 0.717) is 17.0 Å². The van der Waals surface area contributed by atoms with Crippen LogP contribution in [-0.2, 0) is 6.54 Å². The Morgan fingerprint density at radius 3 is 2.43 bits per heavy atom. The number of halogens is 2. The number of carbonyl (C=O) groups excluding carboxylic acids is 2. The molecular weight excluding hydrogens is 403 g/mol. The van der Waals surface area contributed by atoms with Gasteiger partial charge in [0.05, 0.1) is 23.4 Å². The molecule has 0 saturated heterocycles. The zero-order valence-electron chi connectivity index (χ0n) is 14.8. The lowest BCUT2D eigenvalue weighted by Gasteiger charge is -2.10. The molecule has 144 valence electrons. The second-order valence-electron chi connectivity index (χ2n) is 5.79. The van der Waals surface area contributed by atoms with Crippen molar-refractivity contribution < 1.29 is 18.7 Å². The van der Waals surface area contributed by atoms with E-state index in [4.69, 9.17) is 32.4 Å². The topological polar surface area (TPSA) is 80.6 Å². The highest BCUT2D eigenvalue weighted by molar-refractivity contribution is 6.37. The van der Waals surface area contributed by atoms with Crippen LogP contribution < -0.4 is 15.4 Å². The normalized spacial score (nSPS) is 10.4. The number of benzene rings is 2. The minimum atomic E-state index is -0.353. The molecule has 0 radical (unpaired) electrons. The highest BCUT2D eigenvalue weighted by Crippen LogP contribution is 2.33. The number of furan rings is 1. The Kier molecular flexibility index (Phi) is 6.23. The van der Waals surface area contributed by atoms with Crippen LogP contribution in [0.5, 0.6) is 5.75 Å². The molecule has 0 saturated carbocycles. The molecule has 3 aromatic rings. The van der Waals surface area contributed by atoms with Crippen LogP contribution >= 0.6 is 23.2 Å². The predicted octanol–water partition coefficient (Wildman–Crippen LogP) is 4.78. The monoisotopic (exact) mass is 418 g/mol. The van der Waals surface area contributed by atoms with Crippen molar-refractivity contribution in [3.05, 3.63) is 81.7 Å². The Morgan fingerprint density at radius 2 is 1.79 bits per heavy atom. The van der Waals surface area contributed by atoms with Crippen molar-refractivity contribution in [2.24, 2.45) is 0 Å². The summed E-state index contributed by atoms with van der Waals surface area (Å²) in [5.74, 6) is -0.156. The number of rotatable bonds is 6. The largest absolute Gasteiger partial charge is 0.494 e. The number of hydrogen-bond acceptors (Lipinski definition) is 4. The number of carbonyl (C=O) groups is 2. The number of anilines is 1. The quantitative estimate of drug-likeness (QED) is 0.603. The zero-order chi connectivity index (χ0) is 20.1. The number of ether oxygens (including phenoxy) is 1. The molecule has 2 N–H and O–H groups in total.